The molecule has 1 aromatic rings. The fraction of sp³-hybridized carbons (Fsp3) is 0.562. The Kier molecular flexibility index (Phi) is 6.10. The molecule has 108 valence electrons. The summed E-state index contributed by atoms with van der Waals surface area (Å²) >= 11 is 1.43. The van der Waals surface area contributed by atoms with Gasteiger partial charge in [-0.05, 0) is 30.2 Å². The smallest absolute Gasteiger partial charge is 0.262 e. The minimum Gasteiger partial charge on any atom is -0.395 e. The minimum atomic E-state index is -0.0149. The maximum atomic E-state index is 12.2. The number of nitrogens with one attached hydrogen (secondary N) is 1. The van der Waals surface area contributed by atoms with Crippen molar-refractivity contribution in [2.24, 2.45) is 5.92 Å². The van der Waals surface area contributed by atoms with E-state index in [0.717, 1.165) is 12.1 Å². The van der Waals surface area contributed by atoms with Crippen molar-refractivity contribution in [3.05, 3.63) is 21.9 Å². The molecule has 0 bridgehead atoms. The van der Waals surface area contributed by atoms with Gasteiger partial charge in [0.15, 0.2) is 0 Å². The Balaban J connectivity index is 1.89. The average molecular weight is 291 g/mol. The molecule has 0 atom stereocenters. The van der Waals surface area contributed by atoms with Gasteiger partial charge in [0.2, 0.25) is 0 Å². The first-order valence-corrected chi connectivity index (χ1v) is 8.14. The van der Waals surface area contributed by atoms with Gasteiger partial charge >= 0.3 is 0 Å². The van der Waals surface area contributed by atoms with Gasteiger partial charge in [-0.1, -0.05) is 31.1 Å². The number of amides is 1. The molecule has 2 rings (SSSR count). The summed E-state index contributed by atoms with van der Waals surface area (Å²) in [6, 6.07) is 1.87. The van der Waals surface area contributed by atoms with Crippen LogP contribution in [0.1, 0.15) is 53.8 Å². The van der Waals surface area contributed by atoms with Crippen LogP contribution in [0.4, 0.5) is 0 Å². The lowest BCUT2D eigenvalue weighted by molar-refractivity contribution is 0.0947. The van der Waals surface area contributed by atoms with Crippen molar-refractivity contribution < 1.29 is 9.90 Å². The number of carbonyl (C=O) groups excluding carboxylic acids is 1. The number of hydrogen-bond donors (Lipinski definition) is 2. The Bertz CT molecular complexity index is 492. The van der Waals surface area contributed by atoms with Gasteiger partial charge in [-0.3, -0.25) is 4.79 Å². The summed E-state index contributed by atoms with van der Waals surface area (Å²) in [5.41, 5.74) is 0.768. The lowest BCUT2D eigenvalue weighted by Crippen LogP contribution is -2.30. The lowest BCUT2D eigenvalue weighted by atomic mass is 9.89. The van der Waals surface area contributed by atoms with Crippen LogP contribution in [0.15, 0.2) is 11.4 Å². The zero-order chi connectivity index (χ0) is 14.2. The Morgan fingerprint density at radius 3 is 2.95 bits per heavy atom. The van der Waals surface area contributed by atoms with Crippen LogP contribution < -0.4 is 5.32 Å². The number of aliphatic hydroxyl groups excluding tert-OH is 1. The van der Waals surface area contributed by atoms with E-state index < -0.39 is 0 Å². The zero-order valence-electron chi connectivity index (χ0n) is 11.7. The van der Waals surface area contributed by atoms with Crippen LogP contribution in [0.3, 0.4) is 0 Å². The topological polar surface area (TPSA) is 49.3 Å². The quantitative estimate of drug-likeness (QED) is 0.838. The van der Waals surface area contributed by atoms with E-state index >= 15 is 0 Å². The summed E-state index contributed by atoms with van der Waals surface area (Å²) < 4.78 is 0. The highest BCUT2D eigenvalue weighted by Crippen LogP contribution is 2.23. The molecule has 1 heterocycles. The van der Waals surface area contributed by atoms with Gasteiger partial charge in [0.05, 0.1) is 6.61 Å². The highest BCUT2D eigenvalue weighted by Gasteiger charge is 2.16. The van der Waals surface area contributed by atoms with E-state index in [1.165, 1.54) is 43.4 Å². The maximum Gasteiger partial charge on any atom is 0.262 e. The molecule has 4 heteroatoms. The van der Waals surface area contributed by atoms with Crippen molar-refractivity contribution in [3.63, 3.8) is 0 Å². The Hall–Kier alpha value is -1.31. The standard InChI is InChI=1S/C16H21NO2S/c18-10-5-4-8-14-9-11-20-15(14)16(19)17-12-13-6-2-1-3-7-13/h9,11,13,18H,1-3,5-7,10,12H2,(H,17,19). The Labute approximate surface area is 124 Å². The molecule has 2 N–H and O–H groups in total. The third-order valence-electron chi connectivity index (χ3n) is 3.61. The van der Waals surface area contributed by atoms with E-state index in [1.807, 2.05) is 11.4 Å². The van der Waals surface area contributed by atoms with Gasteiger partial charge in [0.1, 0.15) is 4.88 Å². The van der Waals surface area contributed by atoms with Crippen LogP contribution in [0, 0.1) is 17.8 Å². The third kappa shape index (κ3) is 4.36. The van der Waals surface area contributed by atoms with Crippen LogP contribution in [0.2, 0.25) is 0 Å². The normalized spacial score (nSPS) is 15.4. The van der Waals surface area contributed by atoms with Gasteiger partial charge in [-0.25, -0.2) is 0 Å². The van der Waals surface area contributed by atoms with E-state index in [9.17, 15) is 4.79 Å². The van der Waals surface area contributed by atoms with Crippen LogP contribution in [0.5, 0.6) is 0 Å². The molecule has 3 nitrogen and oxygen atoms in total. The first-order valence-electron chi connectivity index (χ1n) is 7.26. The second kappa shape index (κ2) is 8.08. The van der Waals surface area contributed by atoms with Gasteiger partial charge in [-0.2, -0.15) is 0 Å². The average Bonchev–Trinajstić information content (AvgIpc) is 2.95. The predicted molar refractivity (Wildman–Crippen MR) is 81.8 cm³/mol. The summed E-state index contributed by atoms with van der Waals surface area (Å²) in [5.74, 6) is 6.44. The number of hydrogen-bond acceptors (Lipinski definition) is 3. The summed E-state index contributed by atoms with van der Waals surface area (Å²) in [5, 5.41) is 13.6. The second-order valence-corrected chi connectivity index (χ2v) is 6.07. The predicted octanol–water partition coefficient (Wildman–Crippen LogP) is 2.79. The summed E-state index contributed by atoms with van der Waals surface area (Å²) in [6.45, 7) is 0.834. The molecule has 0 saturated heterocycles. The van der Waals surface area contributed by atoms with Gasteiger partial charge in [-0.15, -0.1) is 11.3 Å². The van der Waals surface area contributed by atoms with Crippen LogP contribution >= 0.6 is 11.3 Å². The summed E-state index contributed by atoms with van der Waals surface area (Å²) in [4.78, 5) is 12.9. The fourth-order valence-corrected chi connectivity index (χ4v) is 3.27. The van der Waals surface area contributed by atoms with E-state index in [0.29, 0.717) is 17.2 Å². The molecule has 0 unspecified atom stereocenters. The van der Waals surface area contributed by atoms with Crippen molar-refractivity contribution >= 4 is 17.2 Å². The molecule has 0 aliphatic heterocycles. The first kappa shape index (κ1) is 15.1. The molecule has 0 radical (unpaired) electrons. The highest BCUT2D eigenvalue weighted by atomic mass is 32.1. The molecule has 1 aliphatic carbocycles. The van der Waals surface area contributed by atoms with Gasteiger partial charge in [0.25, 0.3) is 5.91 Å². The monoisotopic (exact) mass is 291 g/mol. The third-order valence-corrected chi connectivity index (χ3v) is 4.52. The Morgan fingerprint density at radius 1 is 1.40 bits per heavy atom. The van der Waals surface area contributed by atoms with Crippen LogP contribution in [0.25, 0.3) is 0 Å². The van der Waals surface area contributed by atoms with Crippen molar-refractivity contribution in [2.75, 3.05) is 13.2 Å². The number of aliphatic hydroxyl groups is 1. The number of thiophene rings is 1. The van der Waals surface area contributed by atoms with Crippen LogP contribution in [-0.2, 0) is 0 Å². The SMILES string of the molecule is O=C(NCC1CCCCC1)c1sccc1C#CCCO. The zero-order valence-corrected chi connectivity index (χ0v) is 12.5. The van der Waals surface area contributed by atoms with E-state index in [-0.39, 0.29) is 12.5 Å². The highest BCUT2D eigenvalue weighted by molar-refractivity contribution is 7.12. The first-order chi connectivity index (χ1) is 9.81. The molecule has 0 spiro atoms. The van der Waals surface area contributed by atoms with Crippen molar-refractivity contribution in [1.82, 2.24) is 5.32 Å². The molecule has 1 saturated carbocycles. The maximum absolute atomic E-state index is 12.2. The summed E-state index contributed by atoms with van der Waals surface area (Å²) in [6.07, 6.45) is 6.82. The number of rotatable bonds is 4. The molecular weight excluding hydrogens is 270 g/mol. The van der Waals surface area contributed by atoms with Crippen molar-refractivity contribution in [2.45, 2.75) is 38.5 Å². The van der Waals surface area contributed by atoms with Gasteiger partial charge in [0, 0.05) is 18.5 Å². The molecule has 1 aliphatic rings. The molecule has 1 fully saturated rings. The van der Waals surface area contributed by atoms with Crippen molar-refractivity contribution in [1.29, 1.82) is 0 Å². The largest absolute Gasteiger partial charge is 0.395 e. The fourth-order valence-electron chi connectivity index (χ4n) is 2.51. The lowest BCUT2D eigenvalue weighted by Gasteiger charge is -2.21. The molecular formula is C16H21NO2S. The van der Waals surface area contributed by atoms with E-state index in [2.05, 4.69) is 17.2 Å². The second-order valence-electron chi connectivity index (χ2n) is 5.15. The van der Waals surface area contributed by atoms with Crippen LogP contribution in [-0.4, -0.2) is 24.2 Å². The molecule has 20 heavy (non-hydrogen) atoms. The molecule has 0 aromatic carbocycles. The number of carbonyl (C=O) groups is 1. The molecule has 1 aromatic heterocycles. The van der Waals surface area contributed by atoms with E-state index in [1.54, 1.807) is 0 Å². The van der Waals surface area contributed by atoms with E-state index in [4.69, 9.17) is 5.11 Å². The Morgan fingerprint density at radius 2 is 2.20 bits per heavy atom. The van der Waals surface area contributed by atoms with Crippen molar-refractivity contribution in [3.8, 4) is 11.8 Å². The molecule has 1 amide bonds. The minimum absolute atomic E-state index is 0.0149. The summed E-state index contributed by atoms with van der Waals surface area (Å²) in [7, 11) is 0. The van der Waals surface area contributed by atoms with Gasteiger partial charge < -0.3 is 10.4 Å².